The van der Waals surface area contributed by atoms with E-state index < -0.39 is 0 Å². The van der Waals surface area contributed by atoms with E-state index in [1.54, 1.807) is 38.5 Å². The fourth-order valence-electron chi connectivity index (χ4n) is 2.21. The molecule has 0 saturated heterocycles. The second-order valence-electron chi connectivity index (χ2n) is 4.70. The van der Waals surface area contributed by atoms with Gasteiger partial charge < -0.3 is 14.8 Å². The normalized spacial score (nSPS) is 10.6. The monoisotopic (exact) mass is 349 g/mol. The molecule has 0 fully saturated rings. The van der Waals surface area contributed by atoms with Crippen molar-refractivity contribution >= 4 is 45.6 Å². The zero-order valence-corrected chi connectivity index (χ0v) is 13.9. The Morgan fingerprint density at radius 3 is 2.48 bits per heavy atom. The number of halogens is 2. The summed E-state index contributed by atoms with van der Waals surface area (Å²) >= 11 is 12.2. The van der Waals surface area contributed by atoms with Gasteiger partial charge in [-0.1, -0.05) is 23.2 Å². The third-order valence-corrected chi connectivity index (χ3v) is 3.85. The van der Waals surface area contributed by atoms with Crippen LogP contribution in [0.25, 0.3) is 10.9 Å². The summed E-state index contributed by atoms with van der Waals surface area (Å²) in [5.41, 5.74) is 1.46. The van der Waals surface area contributed by atoms with Crippen molar-refractivity contribution in [1.82, 2.24) is 9.97 Å². The number of hydrogen-bond acceptors (Lipinski definition) is 5. The molecule has 0 bridgehead atoms. The molecule has 0 aliphatic heterocycles. The van der Waals surface area contributed by atoms with Crippen molar-refractivity contribution in [3.8, 4) is 11.5 Å². The van der Waals surface area contributed by atoms with Crippen molar-refractivity contribution in [3.05, 3.63) is 46.7 Å². The van der Waals surface area contributed by atoms with Crippen LogP contribution in [-0.4, -0.2) is 24.2 Å². The Kier molecular flexibility index (Phi) is 4.41. The molecule has 3 aromatic rings. The van der Waals surface area contributed by atoms with Gasteiger partial charge in [0.2, 0.25) is 0 Å². The van der Waals surface area contributed by atoms with Crippen molar-refractivity contribution < 1.29 is 9.47 Å². The molecule has 0 aliphatic rings. The molecule has 5 nitrogen and oxygen atoms in total. The molecule has 2 aromatic carbocycles. The van der Waals surface area contributed by atoms with Gasteiger partial charge in [-0.05, 0) is 18.2 Å². The van der Waals surface area contributed by atoms with E-state index in [0.717, 1.165) is 10.9 Å². The Morgan fingerprint density at radius 2 is 1.74 bits per heavy atom. The predicted molar refractivity (Wildman–Crippen MR) is 92.4 cm³/mol. The van der Waals surface area contributed by atoms with E-state index in [2.05, 4.69) is 15.3 Å². The van der Waals surface area contributed by atoms with E-state index in [1.807, 2.05) is 6.07 Å². The smallest absolute Gasteiger partial charge is 0.144 e. The number of methoxy groups -OCH3 is 2. The van der Waals surface area contributed by atoms with Gasteiger partial charge in [0, 0.05) is 22.5 Å². The molecular weight excluding hydrogens is 337 g/mol. The number of nitrogens with one attached hydrogen (secondary N) is 1. The molecule has 7 heteroatoms. The van der Waals surface area contributed by atoms with E-state index in [4.69, 9.17) is 32.7 Å². The summed E-state index contributed by atoms with van der Waals surface area (Å²) in [5.74, 6) is 1.72. The highest BCUT2D eigenvalue weighted by atomic mass is 35.5. The van der Waals surface area contributed by atoms with Gasteiger partial charge in [0.05, 0.1) is 30.4 Å². The molecule has 1 aromatic heterocycles. The first kappa shape index (κ1) is 15.6. The lowest BCUT2D eigenvalue weighted by Gasteiger charge is -2.14. The second-order valence-corrected chi connectivity index (χ2v) is 5.54. The van der Waals surface area contributed by atoms with E-state index in [9.17, 15) is 0 Å². The molecule has 1 heterocycles. The van der Waals surface area contributed by atoms with Gasteiger partial charge in [0.1, 0.15) is 23.6 Å². The molecule has 0 saturated carbocycles. The highest BCUT2D eigenvalue weighted by Crippen LogP contribution is 2.38. The fourth-order valence-corrected chi connectivity index (χ4v) is 2.62. The molecule has 0 radical (unpaired) electrons. The van der Waals surface area contributed by atoms with Crippen LogP contribution < -0.4 is 14.8 Å². The van der Waals surface area contributed by atoms with Crippen molar-refractivity contribution in [3.63, 3.8) is 0 Å². The molecule has 0 aliphatic carbocycles. The molecule has 3 rings (SSSR count). The molecule has 118 valence electrons. The summed E-state index contributed by atoms with van der Waals surface area (Å²) in [6, 6.07) is 8.86. The Hall–Kier alpha value is -2.24. The summed E-state index contributed by atoms with van der Waals surface area (Å²) in [6.07, 6.45) is 1.48. The van der Waals surface area contributed by atoms with Gasteiger partial charge in [-0.2, -0.15) is 0 Å². The number of hydrogen-bond donors (Lipinski definition) is 1. The third-order valence-electron chi connectivity index (χ3n) is 3.32. The van der Waals surface area contributed by atoms with Crippen LogP contribution in [0.5, 0.6) is 11.5 Å². The van der Waals surface area contributed by atoms with Gasteiger partial charge in [-0.3, -0.25) is 0 Å². The van der Waals surface area contributed by atoms with Gasteiger partial charge >= 0.3 is 0 Å². The number of rotatable bonds is 4. The van der Waals surface area contributed by atoms with Crippen LogP contribution in [0.2, 0.25) is 10.0 Å². The first-order valence-electron chi connectivity index (χ1n) is 6.71. The first-order valence-corrected chi connectivity index (χ1v) is 7.46. The zero-order valence-electron chi connectivity index (χ0n) is 12.4. The number of aromatic nitrogens is 2. The average molecular weight is 350 g/mol. The molecule has 1 N–H and O–H groups in total. The van der Waals surface area contributed by atoms with Crippen LogP contribution in [0.4, 0.5) is 11.5 Å². The molecule has 0 spiro atoms. The van der Waals surface area contributed by atoms with Gasteiger partial charge in [-0.15, -0.1) is 0 Å². The standard InChI is InChI=1S/C16H13Cl2N3O2/c1-22-14-7-13(15(23-2)6-11(14)18)21-16-10-5-9(17)3-4-12(10)19-8-20-16/h3-8H,1-2H3,(H,19,20,21). The van der Waals surface area contributed by atoms with E-state index in [1.165, 1.54) is 6.33 Å². The number of ether oxygens (including phenoxy) is 2. The number of anilines is 2. The Bertz CT molecular complexity index is 871. The summed E-state index contributed by atoms with van der Waals surface area (Å²) in [4.78, 5) is 8.51. The highest BCUT2D eigenvalue weighted by Gasteiger charge is 2.12. The SMILES string of the molecule is COc1cc(Nc2ncnc3ccc(Cl)cc23)c(OC)cc1Cl. The topological polar surface area (TPSA) is 56.3 Å². The van der Waals surface area contributed by atoms with Crippen LogP contribution in [0.15, 0.2) is 36.7 Å². The lowest BCUT2D eigenvalue weighted by Crippen LogP contribution is -1.99. The largest absolute Gasteiger partial charge is 0.495 e. The summed E-state index contributed by atoms with van der Waals surface area (Å²) in [5, 5.41) is 5.09. The van der Waals surface area contributed by atoms with Crippen LogP contribution >= 0.6 is 23.2 Å². The van der Waals surface area contributed by atoms with Gasteiger partial charge in [0.15, 0.2) is 0 Å². The zero-order chi connectivity index (χ0) is 16.4. The Balaban J connectivity index is 2.10. The summed E-state index contributed by atoms with van der Waals surface area (Å²) < 4.78 is 10.6. The molecular formula is C16H13Cl2N3O2. The highest BCUT2D eigenvalue weighted by molar-refractivity contribution is 6.32. The third kappa shape index (κ3) is 3.11. The maximum Gasteiger partial charge on any atom is 0.144 e. The predicted octanol–water partition coefficient (Wildman–Crippen LogP) is 4.70. The molecule has 23 heavy (non-hydrogen) atoms. The van der Waals surface area contributed by atoms with Crippen LogP contribution in [0.3, 0.4) is 0 Å². The van der Waals surface area contributed by atoms with Crippen molar-refractivity contribution in [2.24, 2.45) is 0 Å². The van der Waals surface area contributed by atoms with E-state index in [0.29, 0.717) is 33.0 Å². The van der Waals surface area contributed by atoms with Crippen LogP contribution in [0.1, 0.15) is 0 Å². The quantitative estimate of drug-likeness (QED) is 0.739. The van der Waals surface area contributed by atoms with Gasteiger partial charge in [-0.25, -0.2) is 9.97 Å². The summed E-state index contributed by atoms with van der Waals surface area (Å²) in [7, 11) is 3.12. The lowest BCUT2D eigenvalue weighted by molar-refractivity contribution is 0.405. The minimum Gasteiger partial charge on any atom is -0.495 e. The number of benzene rings is 2. The molecule has 0 amide bonds. The van der Waals surface area contributed by atoms with Crippen molar-refractivity contribution in [1.29, 1.82) is 0 Å². The molecule has 0 atom stereocenters. The van der Waals surface area contributed by atoms with Crippen molar-refractivity contribution in [2.45, 2.75) is 0 Å². The minimum absolute atomic E-state index is 0.463. The first-order chi connectivity index (χ1) is 11.1. The number of nitrogens with zero attached hydrogens (tertiary/aromatic N) is 2. The number of fused-ring (bicyclic) bond motifs is 1. The Morgan fingerprint density at radius 1 is 0.957 bits per heavy atom. The second kappa shape index (κ2) is 6.48. The van der Waals surface area contributed by atoms with Crippen LogP contribution in [0, 0.1) is 0 Å². The lowest BCUT2D eigenvalue weighted by atomic mass is 10.2. The minimum atomic E-state index is 0.463. The molecule has 0 unspecified atom stereocenters. The summed E-state index contributed by atoms with van der Waals surface area (Å²) in [6.45, 7) is 0. The Labute approximate surface area is 143 Å². The van der Waals surface area contributed by atoms with Crippen LogP contribution in [-0.2, 0) is 0 Å². The van der Waals surface area contributed by atoms with Crippen molar-refractivity contribution in [2.75, 3.05) is 19.5 Å². The maximum atomic E-state index is 6.12. The fraction of sp³-hybridized carbons (Fsp3) is 0.125. The van der Waals surface area contributed by atoms with E-state index >= 15 is 0 Å². The maximum absolute atomic E-state index is 6.12. The average Bonchev–Trinajstić information content (AvgIpc) is 2.56. The van der Waals surface area contributed by atoms with E-state index in [-0.39, 0.29) is 0 Å². The van der Waals surface area contributed by atoms with Gasteiger partial charge in [0.25, 0.3) is 0 Å².